The Kier molecular flexibility index (Phi) is 5.93. The van der Waals surface area contributed by atoms with E-state index in [1.165, 1.54) is 21.3 Å². The van der Waals surface area contributed by atoms with Crippen LogP contribution in [0.2, 0.25) is 0 Å². The molecule has 0 saturated carbocycles. The molecule has 0 aromatic heterocycles. The molecule has 7 nitrogen and oxygen atoms in total. The molecule has 0 bridgehead atoms. The van der Waals surface area contributed by atoms with E-state index in [0.717, 1.165) is 24.1 Å². The molecule has 3 aromatic rings. The van der Waals surface area contributed by atoms with Gasteiger partial charge in [0, 0.05) is 24.8 Å². The minimum Gasteiger partial charge on any atom is -0.383 e. The average molecular weight is 476 g/mol. The van der Waals surface area contributed by atoms with Crippen molar-refractivity contribution in [3.05, 3.63) is 90.0 Å². The first-order valence-electron chi connectivity index (χ1n) is 11.3. The van der Waals surface area contributed by atoms with Crippen LogP contribution in [0.25, 0.3) is 0 Å². The third kappa shape index (κ3) is 4.10. The molecule has 0 unspecified atom stereocenters. The number of sulfonamides is 1. The Bertz CT molecular complexity index is 1330. The van der Waals surface area contributed by atoms with Gasteiger partial charge in [-0.2, -0.15) is 4.31 Å². The van der Waals surface area contributed by atoms with E-state index in [-0.39, 0.29) is 23.0 Å². The van der Waals surface area contributed by atoms with Crippen LogP contribution >= 0.6 is 0 Å². The van der Waals surface area contributed by atoms with E-state index < -0.39 is 21.7 Å². The Morgan fingerprint density at radius 1 is 0.912 bits per heavy atom. The summed E-state index contributed by atoms with van der Waals surface area (Å²) in [6.45, 7) is 1.17. The van der Waals surface area contributed by atoms with Gasteiger partial charge in [-0.1, -0.05) is 48.5 Å². The van der Waals surface area contributed by atoms with Gasteiger partial charge in [0.05, 0.1) is 22.7 Å². The third-order valence-corrected chi connectivity index (χ3v) is 8.32. The number of Topliss-reactive ketones (excluding diaryl/α,β-unsaturated/α-hetero) is 1. The molecule has 0 aliphatic carbocycles. The molecule has 0 radical (unpaired) electrons. The maximum atomic E-state index is 13.5. The number of fused-ring (bicyclic) bond motifs is 1. The molecule has 34 heavy (non-hydrogen) atoms. The predicted molar refractivity (Wildman–Crippen MR) is 130 cm³/mol. The number of anilines is 2. The number of hydrogen-bond donors (Lipinski definition) is 1. The van der Waals surface area contributed by atoms with Crippen molar-refractivity contribution in [2.24, 2.45) is 0 Å². The van der Waals surface area contributed by atoms with E-state index >= 15 is 0 Å². The first-order valence-corrected chi connectivity index (χ1v) is 12.7. The number of para-hydroxylation sites is 1. The minimum atomic E-state index is -3.82. The highest BCUT2D eigenvalue weighted by Gasteiger charge is 2.39. The monoisotopic (exact) mass is 475 g/mol. The Balaban J connectivity index is 1.38. The van der Waals surface area contributed by atoms with Crippen LogP contribution in [-0.4, -0.2) is 43.5 Å². The molecule has 1 atom stereocenters. The number of nitrogens with one attached hydrogen (secondary N) is 1. The van der Waals surface area contributed by atoms with E-state index in [0.29, 0.717) is 18.8 Å². The summed E-state index contributed by atoms with van der Waals surface area (Å²) in [7, 11) is -3.82. The fourth-order valence-electron chi connectivity index (χ4n) is 4.62. The van der Waals surface area contributed by atoms with E-state index in [1.807, 2.05) is 60.7 Å². The summed E-state index contributed by atoms with van der Waals surface area (Å²) in [6.07, 6.45) is 1.53. The molecule has 8 heteroatoms. The highest BCUT2D eigenvalue weighted by atomic mass is 32.2. The lowest BCUT2D eigenvalue weighted by atomic mass is 10.1. The normalized spacial score (nSPS) is 18.4. The second-order valence-electron chi connectivity index (χ2n) is 8.54. The van der Waals surface area contributed by atoms with Gasteiger partial charge in [-0.3, -0.25) is 9.59 Å². The zero-order valence-corrected chi connectivity index (χ0v) is 19.4. The highest BCUT2D eigenvalue weighted by molar-refractivity contribution is 7.89. The number of carbonyl (C=O) groups excluding carboxylic acids is 2. The lowest BCUT2D eigenvalue weighted by Gasteiger charge is -2.25. The molecule has 1 saturated heterocycles. The third-order valence-electron chi connectivity index (χ3n) is 6.37. The fraction of sp³-hybridized carbons (Fsp3) is 0.231. The number of ketones is 1. The van der Waals surface area contributed by atoms with Gasteiger partial charge in [-0.05, 0) is 48.7 Å². The number of amides is 1. The topological polar surface area (TPSA) is 86.8 Å². The van der Waals surface area contributed by atoms with Gasteiger partial charge in [-0.15, -0.1) is 0 Å². The van der Waals surface area contributed by atoms with Crippen molar-refractivity contribution in [1.29, 1.82) is 0 Å². The number of hydrogen-bond acceptors (Lipinski definition) is 5. The van der Waals surface area contributed by atoms with Crippen molar-refractivity contribution < 1.29 is 18.0 Å². The SMILES string of the molecule is O=C1C(=O)N(Cc2ccccc2)c2ccc(S(=O)(=O)N3CCC[C@H]3CNc3ccccc3)cc21. The number of nitrogens with zero attached hydrogens (tertiary/aromatic N) is 2. The number of benzene rings is 3. The van der Waals surface area contributed by atoms with Gasteiger partial charge in [0.2, 0.25) is 10.0 Å². The molecular formula is C26H25N3O4S. The molecule has 5 rings (SSSR count). The first kappa shape index (κ1) is 22.3. The van der Waals surface area contributed by atoms with E-state index in [9.17, 15) is 18.0 Å². The van der Waals surface area contributed by atoms with Gasteiger partial charge in [0.1, 0.15) is 0 Å². The quantitative estimate of drug-likeness (QED) is 0.527. The van der Waals surface area contributed by atoms with E-state index in [2.05, 4.69) is 5.32 Å². The molecule has 174 valence electrons. The van der Waals surface area contributed by atoms with Crippen LogP contribution in [0.4, 0.5) is 11.4 Å². The van der Waals surface area contributed by atoms with Crippen molar-refractivity contribution in [3.63, 3.8) is 0 Å². The van der Waals surface area contributed by atoms with Gasteiger partial charge < -0.3 is 10.2 Å². The lowest BCUT2D eigenvalue weighted by Crippen LogP contribution is -2.39. The van der Waals surface area contributed by atoms with E-state index in [1.54, 1.807) is 6.07 Å². The van der Waals surface area contributed by atoms with Crippen LogP contribution in [0.3, 0.4) is 0 Å². The summed E-state index contributed by atoms with van der Waals surface area (Å²) in [5.74, 6) is -1.31. The molecule has 2 aliphatic heterocycles. The van der Waals surface area contributed by atoms with Gasteiger partial charge in [-0.25, -0.2) is 8.42 Å². The van der Waals surface area contributed by atoms with Crippen molar-refractivity contribution in [3.8, 4) is 0 Å². The van der Waals surface area contributed by atoms with E-state index in [4.69, 9.17) is 0 Å². The standard InChI is InChI=1S/C26H25N3O4S/c30-25-23-16-22(13-14-24(23)28(26(25)31)18-19-8-3-1-4-9-19)34(32,33)29-15-7-12-21(29)17-27-20-10-5-2-6-11-20/h1-6,8-11,13-14,16,21,27H,7,12,15,17-18H2/t21-/m0/s1. The largest absolute Gasteiger partial charge is 0.383 e. The maximum Gasteiger partial charge on any atom is 0.299 e. The Morgan fingerprint density at radius 2 is 1.62 bits per heavy atom. The maximum absolute atomic E-state index is 13.5. The van der Waals surface area contributed by atoms with Crippen LogP contribution in [-0.2, 0) is 21.4 Å². The Morgan fingerprint density at radius 3 is 2.35 bits per heavy atom. The van der Waals surface area contributed by atoms with Crippen LogP contribution in [0.5, 0.6) is 0 Å². The average Bonchev–Trinajstić information content (AvgIpc) is 3.44. The smallest absolute Gasteiger partial charge is 0.299 e. The fourth-order valence-corrected chi connectivity index (χ4v) is 6.34. The summed E-state index contributed by atoms with van der Waals surface area (Å²) in [4.78, 5) is 26.8. The highest BCUT2D eigenvalue weighted by Crippen LogP contribution is 2.34. The number of carbonyl (C=O) groups is 2. The summed E-state index contributed by atoms with van der Waals surface area (Å²) < 4.78 is 28.5. The van der Waals surface area contributed by atoms with Crippen molar-refractivity contribution >= 4 is 33.1 Å². The summed E-state index contributed by atoms with van der Waals surface area (Å²) in [5, 5.41) is 3.31. The molecule has 0 spiro atoms. The van der Waals surface area contributed by atoms with Gasteiger partial charge >= 0.3 is 0 Å². The van der Waals surface area contributed by atoms with Crippen molar-refractivity contribution in [1.82, 2.24) is 4.31 Å². The zero-order chi connectivity index (χ0) is 23.7. The zero-order valence-electron chi connectivity index (χ0n) is 18.6. The molecule has 2 aliphatic rings. The lowest BCUT2D eigenvalue weighted by molar-refractivity contribution is -0.114. The molecule has 1 fully saturated rings. The van der Waals surface area contributed by atoms with Crippen LogP contribution in [0.1, 0.15) is 28.8 Å². The van der Waals surface area contributed by atoms with Gasteiger partial charge in [0.25, 0.3) is 11.7 Å². The summed E-state index contributed by atoms with van der Waals surface area (Å²) in [5.41, 5.74) is 2.41. The van der Waals surface area contributed by atoms with Crippen molar-refractivity contribution in [2.45, 2.75) is 30.3 Å². The van der Waals surface area contributed by atoms with Crippen LogP contribution in [0, 0.1) is 0 Å². The molecule has 1 N–H and O–H groups in total. The summed E-state index contributed by atoms with van der Waals surface area (Å²) in [6, 6.07) is 23.3. The Hall–Kier alpha value is -3.49. The Labute approximate surface area is 199 Å². The van der Waals surface area contributed by atoms with Crippen LogP contribution in [0.15, 0.2) is 83.8 Å². The number of rotatable bonds is 7. The predicted octanol–water partition coefficient (Wildman–Crippen LogP) is 3.68. The molecule has 1 amide bonds. The molecule has 3 aromatic carbocycles. The summed E-state index contributed by atoms with van der Waals surface area (Å²) >= 11 is 0. The van der Waals surface area contributed by atoms with Crippen molar-refractivity contribution in [2.75, 3.05) is 23.3 Å². The van der Waals surface area contributed by atoms with Crippen LogP contribution < -0.4 is 10.2 Å². The second-order valence-corrected chi connectivity index (χ2v) is 10.4. The molecular weight excluding hydrogens is 450 g/mol. The second kappa shape index (κ2) is 9.04. The first-order chi connectivity index (χ1) is 16.4. The molecule has 2 heterocycles. The van der Waals surface area contributed by atoms with Gasteiger partial charge in [0.15, 0.2) is 0 Å². The minimum absolute atomic E-state index is 0.0422.